The highest BCUT2D eigenvalue weighted by Gasteiger charge is 2.23. The number of hydrogen-bond acceptors (Lipinski definition) is 5. The summed E-state index contributed by atoms with van der Waals surface area (Å²) in [5, 5.41) is 31.9. The lowest BCUT2D eigenvalue weighted by Crippen LogP contribution is -2.01. The van der Waals surface area contributed by atoms with Gasteiger partial charge in [-0.25, -0.2) is 0 Å². The maximum Gasteiger partial charge on any atom is 0.271 e. The van der Waals surface area contributed by atoms with Crippen LogP contribution in [0.1, 0.15) is 11.1 Å². The number of nitriles is 2. The molecule has 0 saturated carbocycles. The fourth-order valence-electron chi connectivity index (χ4n) is 1.89. The van der Waals surface area contributed by atoms with Gasteiger partial charge in [0.2, 0.25) is 0 Å². The van der Waals surface area contributed by atoms with Crippen LogP contribution in [0.25, 0.3) is 0 Å². The Morgan fingerprint density at radius 2 is 1.48 bits per heavy atom. The highest BCUT2D eigenvalue weighted by molar-refractivity contribution is 9.11. The Hall–Kier alpha value is -1.55. The van der Waals surface area contributed by atoms with Gasteiger partial charge in [-0.15, -0.1) is 0 Å². The summed E-state index contributed by atoms with van der Waals surface area (Å²) in [5.74, 6) is 0. The first-order valence-electron chi connectivity index (χ1n) is 6.14. The van der Waals surface area contributed by atoms with Crippen LogP contribution in [0.4, 0.5) is 17.1 Å². The summed E-state index contributed by atoms with van der Waals surface area (Å²) in [6, 6.07) is 6.22. The number of nitrogens with one attached hydrogen (secondary N) is 1. The monoisotopic (exact) mass is 522 g/mol. The molecule has 0 saturated heterocycles. The molecule has 1 N–H and O–H groups in total. The van der Waals surface area contributed by atoms with Crippen molar-refractivity contribution in [3.8, 4) is 12.1 Å². The topological polar surface area (TPSA) is 103 Å². The predicted molar refractivity (Wildman–Crippen MR) is 103 cm³/mol. The fraction of sp³-hybridized carbons (Fsp3) is 0. The highest BCUT2D eigenvalue weighted by Crippen LogP contribution is 2.45. The summed E-state index contributed by atoms with van der Waals surface area (Å²) < 4.78 is 0.676. The van der Waals surface area contributed by atoms with E-state index >= 15 is 0 Å². The molecule has 2 aromatic carbocycles. The van der Waals surface area contributed by atoms with E-state index in [1.54, 1.807) is 6.07 Å². The van der Waals surface area contributed by atoms with Gasteiger partial charge in [-0.05, 0) is 31.9 Å². The maximum absolute atomic E-state index is 10.9. The summed E-state index contributed by atoms with van der Waals surface area (Å²) in [6.45, 7) is 0. The minimum Gasteiger partial charge on any atom is -0.351 e. The normalized spacial score (nSPS) is 10.0. The lowest BCUT2D eigenvalue weighted by atomic mass is 10.1. The molecule has 126 valence electrons. The SMILES string of the molecule is N#Cc1c(Cl)c(Cl)c(Nc2c(Br)cc([N+](=O)[O-])cc2Br)c(C#N)c1Cl. The van der Waals surface area contributed by atoms with Crippen molar-refractivity contribution in [3.05, 3.63) is 57.4 Å². The van der Waals surface area contributed by atoms with Crippen LogP contribution in [0.2, 0.25) is 15.1 Å². The molecule has 0 aliphatic rings. The lowest BCUT2D eigenvalue weighted by molar-refractivity contribution is -0.385. The van der Waals surface area contributed by atoms with Gasteiger partial charge in [0, 0.05) is 21.1 Å². The number of rotatable bonds is 3. The van der Waals surface area contributed by atoms with E-state index < -0.39 is 4.92 Å². The minimum atomic E-state index is -0.553. The average molecular weight is 525 g/mol. The van der Waals surface area contributed by atoms with Crippen molar-refractivity contribution in [1.82, 2.24) is 0 Å². The fourth-order valence-corrected chi connectivity index (χ4v) is 4.04. The maximum atomic E-state index is 10.9. The van der Waals surface area contributed by atoms with Crippen LogP contribution in [0.3, 0.4) is 0 Å². The summed E-state index contributed by atoms with van der Waals surface area (Å²) in [7, 11) is 0. The number of benzene rings is 2. The highest BCUT2D eigenvalue weighted by atomic mass is 79.9. The molecule has 11 heteroatoms. The summed E-state index contributed by atoms with van der Waals surface area (Å²) in [4.78, 5) is 10.4. The Bertz CT molecular complexity index is 976. The van der Waals surface area contributed by atoms with Gasteiger partial charge in [0.15, 0.2) is 0 Å². The molecule has 6 nitrogen and oxygen atoms in total. The molecular weight excluding hydrogens is 522 g/mol. The number of halogens is 5. The smallest absolute Gasteiger partial charge is 0.271 e. The second-order valence-electron chi connectivity index (χ2n) is 4.46. The van der Waals surface area contributed by atoms with Crippen molar-refractivity contribution in [3.63, 3.8) is 0 Å². The van der Waals surface area contributed by atoms with Gasteiger partial charge in [0.05, 0.1) is 42.5 Å². The second kappa shape index (κ2) is 7.77. The van der Waals surface area contributed by atoms with Gasteiger partial charge in [0.1, 0.15) is 12.1 Å². The Morgan fingerprint density at radius 1 is 0.960 bits per heavy atom. The molecule has 0 heterocycles. The van der Waals surface area contributed by atoms with Crippen LogP contribution in [0.5, 0.6) is 0 Å². The van der Waals surface area contributed by atoms with E-state index in [9.17, 15) is 15.4 Å². The quantitative estimate of drug-likeness (QED) is 0.278. The van der Waals surface area contributed by atoms with E-state index in [4.69, 9.17) is 40.1 Å². The van der Waals surface area contributed by atoms with Crippen molar-refractivity contribution >= 4 is 83.7 Å². The lowest BCUT2D eigenvalue weighted by Gasteiger charge is -2.16. The Labute approximate surface area is 173 Å². The summed E-state index contributed by atoms with van der Waals surface area (Å²) >= 11 is 24.7. The molecule has 2 aromatic rings. The first-order valence-corrected chi connectivity index (χ1v) is 8.86. The molecular formula is C14H3Br2Cl3N4O2. The Balaban J connectivity index is 2.69. The number of non-ortho nitro benzene ring substituents is 1. The third-order valence-corrected chi connectivity index (χ3v) is 5.51. The molecule has 0 radical (unpaired) electrons. The van der Waals surface area contributed by atoms with Crippen LogP contribution in [0, 0.1) is 32.8 Å². The molecule has 0 aromatic heterocycles. The van der Waals surface area contributed by atoms with Crippen molar-refractivity contribution < 1.29 is 4.92 Å². The van der Waals surface area contributed by atoms with E-state index in [2.05, 4.69) is 37.2 Å². The van der Waals surface area contributed by atoms with Crippen molar-refractivity contribution in [1.29, 1.82) is 10.5 Å². The number of anilines is 2. The van der Waals surface area contributed by atoms with Gasteiger partial charge in [-0.2, -0.15) is 10.5 Å². The van der Waals surface area contributed by atoms with Crippen molar-refractivity contribution in [2.24, 2.45) is 0 Å². The van der Waals surface area contributed by atoms with E-state index in [1.165, 1.54) is 12.1 Å². The summed E-state index contributed by atoms with van der Waals surface area (Å²) in [5.41, 5.74) is 0.100. The zero-order chi connectivity index (χ0) is 18.9. The van der Waals surface area contributed by atoms with Crippen LogP contribution in [-0.2, 0) is 0 Å². The first kappa shape index (κ1) is 19.8. The molecule has 2 rings (SSSR count). The third kappa shape index (κ3) is 3.69. The largest absolute Gasteiger partial charge is 0.351 e. The Kier molecular flexibility index (Phi) is 6.15. The zero-order valence-electron chi connectivity index (χ0n) is 11.7. The number of nitro groups is 1. The predicted octanol–water partition coefficient (Wildman–Crippen LogP) is 6.57. The molecule has 0 amide bonds. The number of nitro benzene ring substituents is 1. The molecule has 0 spiro atoms. The van der Waals surface area contributed by atoms with Crippen LogP contribution in [-0.4, -0.2) is 4.92 Å². The van der Waals surface area contributed by atoms with Gasteiger partial charge >= 0.3 is 0 Å². The summed E-state index contributed by atoms with van der Waals surface area (Å²) in [6.07, 6.45) is 0. The van der Waals surface area contributed by atoms with Gasteiger partial charge in [-0.1, -0.05) is 34.8 Å². The molecule has 0 bridgehead atoms. The molecule has 0 aliphatic heterocycles. The van der Waals surface area contributed by atoms with Crippen molar-refractivity contribution in [2.75, 3.05) is 5.32 Å². The van der Waals surface area contributed by atoms with Crippen molar-refractivity contribution in [2.45, 2.75) is 0 Å². The van der Waals surface area contributed by atoms with Gasteiger partial charge in [0.25, 0.3) is 5.69 Å². The van der Waals surface area contributed by atoms with E-state index in [0.717, 1.165) is 0 Å². The molecule has 0 atom stereocenters. The minimum absolute atomic E-state index is 0.0729. The number of hydrogen-bond donors (Lipinski definition) is 1. The second-order valence-corrected chi connectivity index (χ2v) is 7.30. The van der Waals surface area contributed by atoms with E-state index in [1.807, 2.05) is 6.07 Å². The first-order chi connectivity index (χ1) is 11.7. The average Bonchev–Trinajstić information content (AvgIpc) is 2.55. The molecule has 0 fully saturated rings. The molecule has 25 heavy (non-hydrogen) atoms. The third-order valence-electron chi connectivity index (χ3n) is 3.03. The number of nitrogens with zero attached hydrogens (tertiary/aromatic N) is 3. The standard InChI is InChI=1S/C14H3Br2Cl3N4O2/c15-8-1-5(23(24)25)2-9(16)14(8)22-13-7(4-21)10(17)6(3-20)11(18)12(13)19/h1-2,22H. The van der Waals surface area contributed by atoms with Crippen LogP contribution in [0.15, 0.2) is 21.1 Å². The van der Waals surface area contributed by atoms with Gasteiger partial charge in [-0.3, -0.25) is 10.1 Å². The molecule has 0 aliphatic carbocycles. The Morgan fingerprint density at radius 3 is 1.92 bits per heavy atom. The zero-order valence-corrected chi connectivity index (χ0v) is 17.1. The van der Waals surface area contributed by atoms with E-state index in [-0.39, 0.29) is 37.6 Å². The van der Waals surface area contributed by atoms with E-state index in [0.29, 0.717) is 14.6 Å². The molecule has 0 unspecified atom stereocenters. The van der Waals surface area contributed by atoms with Gasteiger partial charge < -0.3 is 5.32 Å². The van der Waals surface area contributed by atoms with Crippen LogP contribution >= 0.6 is 66.7 Å². The van der Waals surface area contributed by atoms with Crippen LogP contribution < -0.4 is 5.32 Å².